The van der Waals surface area contributed by atoms with E-state index >= 15 is 0 Å². The fourth-order valence-corrected chi connectivity index (χ4v) is 4.19. The summed E-state index contributed by atoms with van der Waals surface area (Å²) in [5, 5.41) is 8.91. The van der Waals surface area contributed by atoms with Crippen molar-refractivity contribution in [2.75, 3.05) is 34.2 Å². The molecule has 0 radical (unpaired) electrons. The van der Waals surface area contributed by atoms with Crippen molar-refractivity contribution in [2.24, 2.45) is 4.99 Å². The third-order valence-electron chi connectivity index (χ3n) is 5.07. The lowest BCUT2D eigenvalue weighted by molar-refractivity contribution is 0.302. The largest absolute Gasteiger partial charge is 0.356 e. The van der Waals surface area contributed by atoms with Crippen LogP contribution in [0.25, 0.3) is 0 Å². The number of hydrogen-bond donors (Lipinski definition) is 2. The maximum Gasteiger partial charge on any atom is 0.191 e. The monoisotopic (exact) mass is 502 g/mol. The molecule has 1 aliphatic carbocycles. The van der Waals surface area contributed by atoms with Gasteiger partial charge in [-0.1, -0.05) is 24.3 Å². The van der Waals surface area contributed by atoms with Gasteiger partial charge in [-0.25, -0.2) is 4.39 Å². The molecule has 2 N–H and O–H groups in total. The lowest BCUT2D eigenvalue weighted by Gasteiger charge is -2.25. The summed E-state index contributed by atoms with van der Waals surface area (Å²) < 4.78 is 14.2. The maximum atomic E-state index is 14.2. The zero-order valence-electron chi connectivity index (χ0n) is 16.0. The molecular weight excluding hydrogens is 474 g/mol. The number of aliphatic imine (C=N–C) groups is 1. The zero-order valence-corrected chi connectivity index (χ0v) is 19.2. The second kappa shape index (κ2) is 9.84. The van der Waals surface area contributed by atoms with E-state index in [1.165, 1.54) is 4.88 Å². The summed E-state index contributed by atoms with van der Waals surface area (Å²) >= 11 is 1.76. The molecule has 1 aliphatic rings. The first-order valence-electron chi connectivity index (χ1n) is 8.95. The van der Waals surface area contributed by atoms with Crippen molar-refractivity contribution in [1.29, 1.82) is 0 Å². The Morgan fingerprint density at radius 1 is 1.22 bits per heavy atom. The molecule has 148 valence electrons. The first-order chi connectivity index (χ1) is 12.6. The molecule has 1 aromatic carbocycles. The van der Waals surface area contributed by atoms with Gasteiger partial charge in [-0.3, -0.25) is 4.99 Å². The van der Waals surface area contributed by atoms with Gasteiger partial charge < -0.3 is 15.5 Å². The number of nitrogens with zero attached hydrogens (tertiary/aromatic N) is 2. The van der Waals surface area contributed by atoms with Gasteiger partial charge in [0.05, 0.1) is 6.04 Å². The van der Waals surface area contributed by atoms with Crippen molar-refractivity contribution >= 4 is 41.3 Å². The van der Waals surface area contributed by atoms with Gasteiger partial charge in [-0.05, 0) is 50.0 Å². The van der Waals surface area contributed by atoms with E-state index in [0.29, 0.717) is 6.54 Å². The van der Waals surface area contributed by atoms with Crippen LogP contribution in [0.2, 0.25) is 0 Å². The second-order valence-electron chi connectivity index (χ2n) is 7.06. The van der Waals surface area contributed by atoms with Gasteiger partial charge in [0.25, 0.3) is 0 Å². The van der Waals surface area contributed by atoms with Crippen molar-refractivity contribution < 1.29 is 4.39 Å². The molecule has 0 bridgehead atoms. The van der Waals surface area contributed by atoms with Gasteiger partial charge in [0.1, 0.15) is 5.82 Å². The van der Waals surface area contributed by atoms with Crippen LogP contribution in [0.3, 0.4) is 0 Å². The molecule has 0 aliphatic heterocycles. The van der Waals surface area contributed by atoms with E-state index in [0.717, 1.165) is 30.9 Å². The normalized spacial score (nSPS) is 16.6. The standard InChI is InChI=1S/C20H27FN4S.HI/c1-22-19(23-13-17(25(2)3)18-9-6-12-26-18)24-14-20(10-11-20)15-7-4-5-8-16(15)21;/h4-9,12,17H,10-11,13-14H2,1-3H3,(H2,22,23,24);1H. The highest BCUT2D eigenvalue weighted by molar-refractivity contribution is 14.0. The van der Waals surface area contributed by atoms with Gasteiger partial charge in [0, 0.05) is 30.4 Å². The average Bonchev–Trinajstić information content (AvgIpc) is 3.22. The van der Waals surface area contributed by atoms with E-state index in [2.05, 4.69) is 52.1 Å². The Balaban J connectivity index is 0.00000261. The first kappa shape index (κ1) is 22.1. The van der Waals surface area contributed by atoms with E-state index in [1.807, 2.05) is 12.1 Å². The van der Waals surface area contributed by atoms with Crippen LogP contribution in [0.1, 0.15) is 29.3 Å². The summed E-state index contributed by atoms with van der Waals surface area (Å²) in [4.78, 5) is 7.86. The highest BCUT2D eigenvalue weighted by atomic mass is 127. The molecule has 1 atom stereocenters. The van der Waals surface area contributed by atoms with Crippen molar-refractivity contribution in [3.8, 4) is 0 Å². The van der Waals surface area contributed by atoms with Crippen LogP contribution >= 0.6 is 35.3 Å². The van der Waals surface area contributed by atoms with Crippen LogP contribution < -0.4 is 10.6 Å². The van der Waals surface area contributed by atoms with Crippen LogP contribution in [0.15, 0.2) is 46.8 Å². The van der Waals surface area contributed by atoms with E-state index in [1.54, 1.807) is 30.5 Å². The Morgan fingerprint density at radius 3 is 2.52 bits per heavy atom. The zero-order chi connectivity index (χ0) is 18.6. The average molecular weight is 502 g/mol. The van der Waals surface area contributed by atoms with Gasteiger partial charge in [-0.15, -0.1) is 35.3 Å². The fourth-order valence-electron chi connectivity index (χ4n) is 3.27. The summed E-state index contributed by atoms with van der Waals surface area (Å²) in [5.74, 6) is 0.649. The van der Waals surface area contributed by atoms with Crippen LogP contribution in [-0.4, -0.2) is 45.1 Å². The smallest absolute Gasteiger partial charge is 0.191 e. The minimum absolute atomic E-state index is 0. The van der Waals surface area contributed by atoms with Gasteiger partial charge in [-0.2, -0.15) is 0 Å². The summed E-state index contributed by atoms with van der Waals surface area (Å²) in [7, 11) is 5.94. The molecule has 1 fully saturated rings. The maximum absolute atomic E-state index is 14.2. The summed E-state index contributed by atoms with van der Waals surface area (Å²) in [5.41, 5.74) is 0.713. The van der Waals surface area contributed by atoms with Crippen LogP contribution in [0.4, 0.5) is 4.39 Å². The molecule has 1 saturated carbocycles. The minimum atomic E-state index is -0.111. The Kier molecular flexibility index (Phi) is 8.05. The Hall–Kier alpha value is -1.19. The SMILES string of the molecule is CN=C(NCC(c1cccs1)N(C)C)NCC1(c2ccccc2F)CC1.I. The van der Waals surface area contributed by atoms with Crippen molar-refractivity contribution in [3.63, 3.8) is 0 Å². The van der Waals surface area contributed by atoms with E-state index < -0.39 is 0 Å². The molecule has 1 aromatic heterocycles. The first-order valence-corrected chi connectivity index (χ1v) is 9.83. The van der Waals surface area contributed by atoms with E-state index in [4.69, 9.17) is 0 Å². The molecular formula is C20H28FIN4S. The van der Waals surface area contributed by atoms with E-state index in [9.17, 15) is 4.39 Å². The Morgan fingerprint density at radius 2 is 1.96 bits per heavy atom. The van der Waals surface area contributed by atoms with E-state index in [-0.39, 0.29) is 41.3 Å². The highest BCUT2D eigenvalue weighted by Gasteiger charge is 2.45. The molecule has 27 heavy (non-hydrogen) atoms. The number of benzene rings is 1. The molecule has 0 spiro atoms. The number of hydrogen-bond acceptors (Lipinski definition) is 3. The minimum Gasteiger partial charge on any atom is -0.356 e. The molecule has 0 saturated heterocycles. The number of halogens is 2. The third-order valence-corrected chi connectivity index (χ3v) is 6.05. The van der Waals surface area contributed by atoms with Crippen LogP contribution in [-0.2, 0) is 5.41 Å². The predicted molar refractivity (Wildman–Crippen MR) is 123 cm³/mol. The molecule has 1 heterocycles. The second-order valence-corrected chi connectivity index (χ2v) is 8.04. The fraction of sp³-hybridized carbons (Fsp3) is 0.450. The molecule has 3 rings (SSSR count). The third kappa shape index (κ3) is 5.42. The molecule has 1 unspecified atom stereocenters. The molecule has 2 aromatic rings. The number of nitrogens with one attached hydrogen (secondary N) is 2. The van der Waals surface area contributed by atoms with Crippen molar-refractivity contribution in [1.82, 2.24) is 15.5 Å². The van der Waals surface area contributed by atoms with Crippen molar-refractivity contribution in [2.45, 2.75) is 24.3 Å². The van der Waals surface area contributed by atoms with Crippen molar-refractivity contribution in [3.05, 3.63) is 58.0 Å². The summed E-state index contributed by atoms with van der Waals surface area (Å²) in [6.45, 7) is 1.46. The lowest BCUT2D eigenvalue weighted by Crippen LogP contribution is -2.44. The number of likely N-dealkylation sites (N-methyl/N-ethyl adjacent to an activating group) is 1. The lowest BCUT2D eigenvalue weighted by atomic mass is 9.95. The topological polar surface area (TPSA) is 39.7 Å². The molecule has 7 heteroatoms. The summed E-state index contributed by atoms with van der Waals surface area (Å²) in [6.07, 6.45) is 2.01. The van der Waals surface area contributed by atoms with Crippen LogP contribution in [0, 0.1) is 5.82 Å². The van der Waals surface area contributed by atoms with Crippen LogP contribution in [0.5, 0.6) is 0 Å². The predicted octanol–water partition coefficient (Wildman–Crippen LogP) is 4.00. The Labute approximate surface area is 182 Å². The number of rotatable bonds is 7. The number of thiophene rings is 1. The van der Waals surface area contributed by atoms with Gasteiger partial charge >= 0.3 is 0 Å². The molecule has 0 amide bonds. The molecule has 4 nitrogen and oxygen atoms in total. The summed E-state index contributed by atoms with van der Waals surface area (Å²) in [6, 6.07) is 11.6. The van der Waals surface area contributed by atoms with Gasteiger partial charge in [0.2, 0.25) is 0 Å². The Bertz CT molecular complexity index is 744. The number of guanidine groups is 1. The quantitative estimate of drug-likeness (QED) is 0.342. The van der Waals surface area contributed by atoms with Gasteiger partial charge in [0.15, 0.2) is 5.96 Å². The highest BCUT2D eigenvalue weighted by Crippen LogP contribution is 2.48.